The zero-order chi connectivity index (χ0) is 63.2. The van der Waals surface area contributed by atoms with Crippen molar-refractivity contribution in [2.45, 2.75) is 38.5 Å². The van der Waals surface area contributed by atoms with Crippen molar-refractivity contribution < 1.29 is 67.6 Å². The highest BCUT2D eigenvalue weighted by molar-refractivity contribution is 6.68. The first-order valence-corrected chi connectivity index (χ1v) is 29.2. The second-order valence-corrected chi connectivity index (χ2v) is 21.8. The first-order chi connectivity index (χ1) is 42.1. The van der Waals surface area contributed by atoms with Crippen molar-refractivity contribution in [1.29, 1.82) is 0 Å². The van der Waals surface area contributed by atoms with Crippen LogP contribution in [0.3, 0.4) is 0 Å². The fourth-order valence-electron chi connectivity index (χ4n) is 10.8. The van der Waals surface area contributed by atoms with Crippen LogP contribution in [0.2, 0.25) is 0 Å². The minimum absolute atomic E-state index is 0.123. The molecule has 3 atom stereocenters. The standard InChI is InChI=1S/C36H29Cl2N3O6.C15H14ClNO2.C6H3Cl2NO2.C6H5NO4/c1-19(42)46-31-13-29-33(25-9-5-3-7-23(25)31)21(15-37)17-40(29)35(44)27-11-12-28(39-27)36(45)41-18-22(16-38)34-26-10-6-4-8-24(26)32(14-30(34)41)47-20(2)43;1-9(18)19-14-6-13-15(10(7-16)8-17-13)12-5-3-2-4-11(12)14;7-5(10)3-1-2-4(9-3)6(8)11;8-5(9)3-1-2-4(7-3)6(10)11/h3-14,21-22,39H,15-18H2,1-2H3;2-6,10,17H,7-8H2,1H3;1-2,9H;1-2,7H,(H,8,9)(H,10,11)/t21-,22-;10-;;/m11../s1. The van der Waals surface area contributed by atoms with Crippen molar-refractivity contribution in [1.82, 2.24) is 15.0 Å². The zero-order valence-electron chi connectivity index (χ0n) is 46.7. The third kappa shape index (κ3) is 13.4. The number of alkyl halides is 3. The quantitative estimate of drug-likeness (QED) is 0.0287. The van der Waals surface area contributed by atoms with Crippen molar-refractivity contribution in [3.8, 4) is 17.2 Å². The predicted molar refractivity (Wildman–Crippen MR) is 335 cm³/mol. The number of esters is 3. The lowest BCUT2D eigenvalue weighted by Crippen LogP contribution is -2.32. The molecule has 0 fully saturated rings. The fraction of sp³-hybridized carbons (Fsp3) is 0.190. The Morgan fingerprint density at radius 2 is 0.761 bits per heavy atom. The van der Waals surface area contributed by atoms with E-state index < -0.39 is 34.4 Å². The van der Waals surface area contributed by atoms with Gasteiger partial charge in [-0.15, -0.1) is 34.8 Å². The molecule has 0 spiro atoms. The van der Waals surface area contributed by atoms with E-state index in [4.69, 9.17) is 82.4 Å². The number of carbonyl (C=O) groups excluding carboxylic acids is 7. The largest absolute Gasteiger partial charge is 0.477 e. The second-order valence-electron chi connectivity index (χ2n) is 20.1. The van der Waals surface area contributed by atoms with E-state index in [2.05, 4.69) is 20.3 Å². The molecule has 0 saturated heterocycles. The van der Waals surface area contributed by atoms with E-state index in [0.29, 0.717) is 53.5 Å². The third-order valence-corrected chi connectivity index (χ3v) is 16.0. The average molecular weight is 1290 g/mol. The molecule has 20 nitrogen and oxygen atoms in total. The van der Waals surface area contributed by atoms with Crippen LogP contribution in [0, 0.1) is 0 Å². The number of fused-ring (bicyclic) bond motifs is 9. The molecule has 0 aliphatic carbocycles. The lowest BCUT2D eigenvalue weighted by molar-refractivity contribution is -0.132. The minimum Gasteiger partial charge on any atom is -0.477 e. The Hall–Kier alpha value is -9.18. The maximum Gasteiger partial charge on any atom is 0.352 e. The molecular formula is C63H51Cl5N6O14. The summed E-state index contributed by atoms with van der Waals surface area (Å²) in [7, 11) is 0. The molecule has 3 aromatic heterocycles. The number of aromatic carboxylic acids is 2. The molecule has 6 aromatic carbocycles. The Morgan fingerprint density at radius 1 is 0.443 bits per heavy atom. The van der Waals surface area contributed by atoms with Crippen LogP contribution in [-0.2, 0) is 14.4 Å². The predicted octanol–water partition coefficient (Wildman–Crippen LogP) is 12.8. The van der Waals surface area contributed by atoms with Gasteiger partial charge in [-0.1, -0.05) is 72.8 Å². The van der Waals surface area contributed by atoms with Gasteiger partial charge < -0.3 is 54.5 Å². The highest BCUT2D eigenvalue weighted by Crippen LogP contribution is 2.48. The molecule has 12 rings (SSSR count). The number of hydrogen-bond donors (Lipinski definition) is 6. The number of benzene rings is 6. The van der Waals surface area contributed by atoms with Crippen LogP contribution < -0.4 is 29.3 Å². The fourth-order valence-corrected chi connectivity index (χ4v) is 11.8. The molecular weight excluding hydrogens is 1240 g/mol. The second kappa shape index (κ2) is 27.2. The minimum atomic E-state index is -1.17. The molecule has 3 aliphatic rings. The summed E-state index contributed by atoms with van der Waals surface area (Å²) in [5.74, 6) is -1.87. The van der Waals surface area contributed by atoms with E-state index in [1.165, 1.54) is 50.6 Å². The van der Waals surface area contributed by atoms with Crippen LogP contribution in [-0.4, -0.2) is 115 Å². The lowest BCUT2D eigenvalue weighted by Gasteiger charge is -2.19. The van der Waals surface area contributed by atoms with Crippen LogP contribution in [0.5, 0.6) is 17.2 Å². The topological polar surface area (TPSA) is 288 Å². The maximum atomic E-state index is 14.0. The molecule has 6 N–H and O–H groups in total. The van der Waals surface area contributed by atoms with E-state index in [1.54, 1.807) is 34.1 Å². The number of amides is 2. The normalized spacial score (nSPS) is 15.0. The van der Waals surface area contributed by atoms with Gasteiger partial charge in [-0.05, 0) is 92.4 Å². The Kier molecular flexibility index (Phi) is 19.6. The Bertz CT molecular complexity index is 4020. The van der Waals surface area contributed by atoms with E-state index in [-0.39, 0.29) is 75.5 Å². The van der Waals surface area contributed by atoms with Crippen LogP contribution in [0.1, 0.15) is 118 Å². The van der Waals surface area contributed by atoms with Gasteiger partial charge in [0.2, 0.25) is 0 Å². The number of nitrogens with one attached hydrogen (secondary N) is 4. The molecule has 0 saturated carbocycles. The van der Waals surface area contributed by atoms with Crippen LogP contribution in [0.15, 0.2) is 127 Å². The highest BCUT2D eigenvalue weighted by atomic mass is 35.5. The molecule has 25 heteroatoms. The van der Waals surface area contributed by atoms with E-state index >= 15 is 0 Å². The molecule has 2 amide bonds. The van der Waals surface area contributed by atoms with Crippen molar-refractivity contribution >= 4 is 160 Å². The number of anilines is 3. The number of halogens is 5. The molecule has 0 unspecified atom stereocenters. The summed E-state index contributed by atoms with van der Waals surface area (Å²) in [6, 6.07) is 36.7. The van der Waals surface area contributed by atoms with Crippen LogP contribution >= 0.6 is 58.0 Å². The molecule has 0 bridgehead atoms. The number of ether oxygens (including phenoxy) is 3. The molecule has 9 aromatic rings. The first kappa shape index (κ1) is 63.3. The Morgan fingerprint density at radius 3 is 1.09 bits per heavy atom. The van der Waals surface area contributed by atoms with Gasteiger partial charge in [-0.25, -0.2) is 9.59 Å². The smallest absolute Gasteiger partial charge is 0.352 e. The average Bonchev–Trinajstić information content (AvgIpc) is 1.71. The first-order valence-electron chi connectivity index (χ1n) is 26.8. The Balaban J connectivity index is 0.000000181. The number of nitrogens with zero attached hydrogens (tertiary/aromatic N) is 2. The molecule has 88 heavy (non-hydrogen) atoms. The number of carbonyl (C=O) groups is 9. The van der Waals surface area contributed by atoms with Crippen molar-refractivity contribution in [2.24, 2.45) is 0 Å². The van der Waals surface area contributed by atoms with Crippen molar-refractivity contribution in [2.75, 3.05) is 52.4 Å². The number of hydrogen-bond acceptors (Lipinski definition) is 13. The summed E-state index contributed by atoms with van der Waals surface area (Å²) in [5.41, 5.74) is 5.74. The summed E-state index contributed by atoms with van der Waals surface area (Å²) < 4.78 is 16.4. The summed E-state index contributed by atoms with van der Waals surface area (Å²) >= 11 is 29.1. The SMILES string of the molecule is CC(=O)Oc1cc2c(c3ccccc13)[C@H](CCl)CN2.CC(=O)Oc1cc2c(c3ccccc13)[C@H](CCl)CN2C(=O)c1ccc(C(=O)N2C[C@@H](CCl)c3c2cc(OC(C)=O)c2ccccc32)[nH]1.O=C(Cl)c1ccc(C(=O)Cl)[nH]1.O=C(O)c1ccc(C(=O)O)[nH]1. The summed E-state index contributed by atoms with van der Waals surface area (Å²) in [6.07, 6.45) is 0. The summed E-state index contributed by atoms with van der Waals surface area (Å²) in [4.78, 5) is 115. The number of carboxylic acids is 2. The number of H-pyrrole nitrogens is 3. The molecule has 6 heterocycles. The zero-order valence-corrected chi connectivity index (χ0v) is 50.5. The molecule has 452 valence electrons. The monoisotopic (exact) mass is 1290 g/mol. The summed E-state index contributed by atoms with van der Waals surface area (Å²) in [6.45, 7) is 5.53. The van der Waals surface area contributed by atoms with E-state index in [0.717, 1.165) is 55.7 Å². The van der Waals surface area contributed by atoms with Gasteiger partial charge >= 0.3 is 29.8 Å². The highest BCUT2D eigenvalue weighted by Gasteiger charge is 2.38. The maximum absolute atomic E-state index is 14.0. The number of aromatic nitrogens is 3. The van der Waals surface area contributed by atoms with Gasteiger partial charge in [0.05, 0.1) is 22.8 Å². The number of aromatic amines is 3. The van der Waals surface area contributed by atoms with E-state index in [1.807, 2.05) is 78.9 Å². The number of carboxylic acid groups (broad SMARTS) is 2. The van der Waals surface area contributed by atoms with Gasteiger partial charge in [-0.2, -0.15) is 0 Å². The van der Waals surface area contributed by atoms with Crippen LogP contribution in [0.25, 0.3) is 32.3 Å². The van der Waals surface area contributed by atoms with Gasteiger partial charge in [-0.3, -0.25) is 33.6 Å². The molecule has 3 aliphatic heterocycles. The van der Waals surface area contributed by atoms with Gasteiger partial charge in [0, 0.05) is 116 Å². The lowest BCUT2D eigenvalue weighted by atomic mass is 9.95. The van der Waals surface area contributed by atoms with Gasteiger partial charge in [0.1, 0.15) is 40.0 Å². The van der Waals surface area contributed by atoms with E-state index in [9.17, 15) is 43.2 Å². The van der Waals surface area contributed by atoms with Crippen molar-refractivity contribution in [3.63, 3.8) is 0 Å². The van der Waals surface area contributed by atoms with Gasteiger partial charge in [0.25, 0.3) is 22.3 Å². The van der Waals surface area contributed by atoms with Crippen LogP contribution in [0.4, 0.5) is 17.1 Å². The number of rotatable bonds is 12. The van der Waals surface area contributed by atoms with Crippen molar-refractivity contribution in [3.05, 3.63) is 178 Å². The van der Waals surface area contributed by atoms with Gasteiger partial charge in [0.15, 0.2) is 0 Å². The Labute approximate surface area is 525 Å². The third-order valence-electron chi connectivity index (χ3n) is 14.5. The molecule has 0 radical (unpaired) electrons. The summed E-state index contributed by atoms with van der Waals surface area (Å²) in [5, 5.41) is 24.0.